The maximum Gasteiger partial charge on any atom is 0.384 e. The van der Waals surface area contributed by atoms with Crippen molar-refractivity contribution in [2.24, 2.45) is 0 Å². The lowest BCUT2D eigenvalue weighted by Crippen LogP contribution is -2.23. The molecule has 0 unspecified atom stereocenters. The van der Waals surface area contributed by atoms with Crippen LogP contribution in [0.15, 0.2) is 0 Å². The third-order valence-corrected chi connectivity index (χ3v) is 0.747. The molecule has 0 aromatic carbocycles. The van der Waals surface area contributed by atoms with E-state index in [0.29, 0.717) is 0 Å². The third-order valence-electron chi connectivity index (χ3n) is 0.747. The minimum atomic E-state index is -3.74. The fourth-order valence-corrected chi connectivity index (χ4v) is 0.315. The minimum absolute atomic E-state index is 0.129. The highest BCUT2D eigenvalue weighted by Gasteiger charge is 2.29. The predicted molar refractivity (Wildman–Crippen MR) is 27.5 cm³/mol. The Balaban J connectivity index is 3.28. The zero-order valence-corrected chi connectivity index (χ0v) is 5.25. The van der Waals surface area contributed by atoms with Gasteiger partial charge in [-0.25, -0.2) is 4.39 Å². The van der Waals surface area contributed by atoms with Gasteiger partial charge in [-0.3, -0.25) is 4.39 Å². The average molecular weight is 160 g/mol. The van der Waals surface area contributed by atoms with E-state index >= 15 is 0 Å². The summed E-state index contributed by atoms with van der Waals surface area (Å²) in [6.07, 6.45) is -3.87. The summed E-state index contributed by atoms with van der Waals surface area (Å²) >= 11 is 0. The van der Waals surface area contributed by atoms with Gasteiger partial charge in [-0.05, 0) is 6.42 Å². The van der Waals surface area contributed by atoms with Crippen LogP contribution in [-0.4, -0.2) is 26.1 Å². The van der Waals surface area contributed by atoms with Gasteiger partial charge in [0.05, 0.1) is 13.3 Å². The molecule has 0 N–H and O–H groups in total. The van der Waals surface area contributed by atoms with E-state index in [1.165, 1.54) is 0 Å². The highest BCUT2D eigenvalue weighted by atomic mass is 19.3. The monoisotopic (exact) mass is 160 g/mol. The average Bonchev–Trinajstić information content (AvgIpc) is 1.89. The molecule has 0 atom stereocenters. The summed E-state index contributed by atoms with van der Waals surface area (Å²) in [5, 5.41) is 0. The third kappa shape index (κ3) is 4.55. The number of ether oxygens (including phenoxy) is 1. The van der Waals surface area contributed by atoms with E-state index in [1.54, 1.807) is 0 Å². The molecule has 62 valence electrons. The van der Waals surface area contributed by atoms with Crippen LogP contribution in [0.5, 0.6) is 0 Å². The zero-order chi connectivity index (χ0) is 8.04. The normalized spacial score (nSPS) is 12.0. The number of hydrogen-bond acceptors (Lipinski definition) is 1. The molecule has 0 spiro atoms. The van der Waals surface area contributed by atoms with Crippen molar-refractivity contribution in [2.45, 2.75) is 12.5 Å². The molecular weight excluding hydrogens is 152 g/mol. The molecule has 0 aromatic rings. The molecule has 10 heavy (non-hydrogen) atoms. The second kappa shape index (κ2) is 4.49. The maximum absolute atomic E-state index is 11.8. The van der Waals surface area contributed by atoms with Crippen LogP contribution in [0.2, 0.25) is 0 Å². The molecule has 1 nitrogen and oxygen atoms in total. The Hall–Kier alpha value is -0.320. The largest absolute Gasteiger partial charge is 0.384 e. The van der Waals surface area contributed by atoms with Gasteiger partial charge >= 0.3 is 6.11 Å². The first-order chi connectivity index (χ1) is 4.62. The molecule has 0 amide bonds. The van der Waals surface area contributed by atoms with Gasteiger partial charge in [0.25, 0.3) is 0 Å². The van der Waals surface area contributed by atoms with Gasteiger partial charge in [0, 0.05) is 0 Å². The molecule has 0 aliphatic carbocycles. The summed E-state index contributed by atoms with van der Waals surface area (Å²) < 4.78 is 49.7. The highest BCUT2D eigenvalue weighted by molar-refractivity contribution is 4.47. The highest BCUT2D eigenvalue weighted by Crippen LogP contribution is 2.15. The van der Waals surface area contributed by atoms with Crippen molar-refractivity contribution >= 4 is 0 Å². The quantitative estimate of drug-likeness (QED) is 0.441. The molecular formula is C5H8F4O. The van der Waals surface area contributed by atoms with Gasteiger partial charge in [0.2, 0.25) is 0 Å². The molecule has 0 saturated heterocycles. The van der Waals surface area contributed by atoms with E-state index in [-0.39, 0.29) is 6.42 Å². The Labute approximate surface area is 56.0 Å². The van der Waals surface area contributed by atoms with Crippen LogP contribution >= 0.6 is 0 Å². The van der Waals surface area contributed by atoms with Gasteiger partial charge in [-0.2, -0.15) is 8.78 Å². The van der Waals surface area contributed by atoms with Gasteiger partial charge in [0.15, 0.2) is 6.67 Å². The summed E-state index contributed by atoms with van der Waals surface area (Å²) in [5.41, 5.74) is 0. The Morgan fingerprint density at radius 1 is 1.20 bits per heavy atom. The molecule has 0 heterocycles. The molecule has 0 saturated carbocycles. The Morgan fingerprint density at radius 2 is 1.80 bits per heavy atom. The van der Waals surface area contributed by atoms with Crippen molar-refractivity contribution in [1.29, 1.82) is 0 Å². The van der Waals surface area contributed by atoms with Gasteiger partial charge < -0.3 is 4.74 Å². The lowest BCUT2D eigenvalue weighted by atomic mass is 10.5. The molecule has 0 aromatic heterocycles. The minimum Gasteiger partial charge on any atom is -0.318 e. The summed E-state index contributed by atoms with van der Waals surface area (Å²) in [4.78, 5) is 0. The zero-order valence-electron chi connectivity index (χ0n) is 5.25. The van der Waals surface area contributed by atoms with Gasteiger partial charge in [0.1, 0.15) is 0 Å². The van der Waals surface area contributed by atoms with E-state index in [4.69, 9.17) is 0 Å². The van der Waals surface area contributed by atoms with Crippen LogP contribution in [0.3, 0.4) is 0 Å². The first-order valence-corrected chi connectivity index (χ1v) is 2.76. The number of hydrogen-bond donors (Lipinski definition) is 0. The first-order valence-electron chi connectivity index (χ1n) is 2.76. The molecule has 0 fully saturated rings. The van der Waals surface area contributed by atoms with E-state index in [0.717, 1.165) is 0 Å². The van der Waals surface area contributed by atoms with Crippen LogP contribution in [0.1, 0.15) is 6.42 Å². The van der Waals surface area contributed by atoms with Crippen LogP contribution in [0, 0.1) is 0 Å². The van der Waals surface area contributed by atoms with Crippen molar-refractivity contribution in [3.05, 3.63) is 0 Å². The second-order valence-corrected chi connectivity index (χ2v) is 1.66. The first kappa shape index (κ1) is 9.68. The van der Waals surface area contributed by atoms with Crippen molar-refractivity contribution < 1.29 is 22.3 Å². The van der Waals surface area contributed by atoms with Gasteiger partial charge in [-0.15, -0.1) is 0 Å². The fourth-order valence-electron chi connectivity index (χ4n) is 0.315. The van der Waals surface area contributed by atoms with E-state index in [1.807, 2.05) is 0 Å². The van der Waals surface area contributed by atoms with Crippen LogP contribution < -0.4 is 0 Å². The SMILES string of the molecule is FCCCOC(F)(F)CF. The van der Waals surface area contributed by atoms with Gasteiger partial charge in [-0.1, -0.05) is 0 Å². The Bertz CT molecular complexity index is 85.7. The smallest absolute Gasteiger partial charge is 0.318 e. The van der Waals surface area contributed by atoms with Crippen LogP contribution in [-0.2, 0) is 4.74 Å². The Kier molecular flexibility index (Phi) is 4.34. The number of alkyl halides is 4. The van der Waals surface area contributed by atoms with E-state index < -0.39 is 26.1 Å². The standard InChI is InChI=1S/C5H8F4O/c6-2-1-3-10-5(8,9)4-7/h1-4H2. The van der Waals surface area contributed by atoms with Crippen molar-refractivity contribution in [2.75, 3.05) is 20.0 Å². The lowest BCUT2D eigenvalue weighted by Gasteiger charge is -2.11. The summed E-state index contributed by atoms with van der Waals surface area (Å²) in [6, 6.07) is 0. The van der Waals surface area contributed by atoms with Crippen LogP contribution in [0.25, 0.3) is 0 Å². The predicted octanol–water partition coefficient (Wildman–Crippen LogP) is 1.92. The van der Waals surface area contributed by atoms with E-state index in [9.17, 15) is 17.6 Å². The topological polar surface area (TPSA) is 9.23 Å². The summed E-state index contributed by atoms with van der Waals surface area (Å²) in [5.74, 6) is 0. The van der Waals surface area contributed by atoms with Crippen molar-refractivity contribution in [3.8, 4) is 0 Å². The molecule has 0 radical (unpaired) electrons. The number of rotatable bonds is 5. The van der Waals surface area contributed by atoms with Crippen LogP contribution in [0.4, 0.5) is 17.6 Å². The molecule has 0 bridgehead atoms. The summed E-state index contributed by atoms with van der Waals surface area (Å²) in [6.45, 7) is -3.05. The lowest BCUT2D eigenvalue weighted by molar-refractivity contribution is -0.246. The maximum atomic E-state index is 11.8. The molecule has 0 aliphatic rings. The van der Waals surface area contributed by atoms with Crippen molar-refractivity contribution in [1.82, 2.24) is 0 Å². The number of halogens is 4. The Morgan fingerprint density at radius 3 is 2.20 bits per heavy atom. The fraction of sp³-hybridized carbons (Fsp3) is 1.00. The van der Waals surface area contributed by atoms with Crippen molar-refractivity contribution in [3.63, 3.8) is 0 Å². The second-order valence-electron chi connectivity index (χ2n) is 1.66. The molecule has 0 rings (SSSR count). The molecule has 0 aliphatic heterocycles. The van der Waals surface area contributed by atoms with E-state index in [2.05, 4.69) is 4.74 Å². The molecule has 5 heteroatoms. The summed E-state index contributed by atoms with van der Waals surface area (Å²) in [7, 11) is 0.